The quantitative estimate of drug-likeness (QED) is 0.364. The fraction of sp³-hybridized carbons (Fsp3) is 0.385. The molecule has 0 N–H and O–H groups in total. The summed E-state index contributed by atoms with van der Waals surface area (Å²) >= 11 is 0. The first-order valence-electron chi connectivity index (χ1n) is 9.85. The van der Waals surface area contributed by atoms with Crippen LogP contribution in [0.25, 0.3) is 0 Å². The van der Waals surface area contributed by atoms with Gasteiger partial charge in [-0.05, 0) is 62.7 Å². The summed E-state index contributed by atoms with van der Waals surface area (Å²) in [5, 5.41) is 0.450. The fourth-order valence-corrected chi connectivity index (χ4v) is 6.99. The van der Waals surface area contributed by atoms with E-state index in [-0.39, 0.29) is 26.2 Å². The molecule has 0 saturated heterocycles. The van der Waals surface area contributed by atoms with Gasteiger partial charge in [-0.2, -0.15) is 0 Å². The Balaban J connectivity index is 2.16. The van der Waals surface area contributed by atoms with Gasteiger partial charge in [0.05, 0.1) is 0 Å². The van der Waals surface area contributed by atoms with E-state index in [9.17, 15) is 0 Å². The van der Waals surface area contributed by atoms with Gasteiger partial charge < -0.3 is 0 Å². The molecule has 0 heterocycles. The lowest BCUT2D eigenvalue weighted by Gasteiger charge is -2.31. The molecule has 0 aliphatic heterocycles. The molecule has 2 aromatic rings. The summed E-state index contributed by atoms with van der Waals surface area (Å²) in [6.45, 7) is 14.0. The molecule has 0 nitrogen and oxygen atoms in total. The second-order valence-corrected chi connectivity index (χ2v) is 14.6. The number of hydrogen-bond donors (Lipinski definition) is 0. The summed E-state index contributed by atoms with van der Waals surface area (Å²) in [6, 6.07) is 20.7. The van der Waals surface area contributed by atoms with Gasteiger partial charge in [0.2, 0.25) is 0 Å². The summed E-state index contributed by atoms with van der Waals surface area (Å²) in [5.41, 5.74) is 9.49. The van der Waals surface area contributed by atoms with Crippen LogP contribution < -0.4 is 0 Å². The van der Waals surface area contributed by atoms with Crippen molar-refractivity contribution < 1.29 is 0 Å². The van der Waals surface area contributed by atoms with Crippen LogP contribution in [0.15, 0.2) is 60.7 Å². The molecule has 0 aromatic heterocycles. The second kappa shape index (κ2) is 10.3. The summed E-state index contributed by atoms with van der Waals surface area (Å²) in [6.07, 6.45) is 2.32. The van der Waals surface area contributed by atoms with Crippen LogP contribution in [0.4, 0.5) is 0 Å². The first kappa shape index (κ1) is 22.7. The van der Waals surface area contributed by atoms with Gasteiger partial charge in [-0.1, -0.05) is 101 Å². The Morgan fingerprint density at radius 1 is 0.571 bits per heavy atom. The largest absolute Gasteiger partial charge is 0.0707 e. The van der Waals surface area contributed by atoms with E-state index in [1.54, 1.807) is 0 Å². The smallest absolute Gasteiger partial charge is 0.0248 e. The highest BCUT2D eigenvalue weighted by atomic mass is 31.1. The highest BCUT2D eigenvalue weighted by Crippen LogP contribution is 2.54. The average Bonchev–Trinajstić information content (AvgIpc) is 2.63. The summed E-state index contributed by atoms with van der Waals surface area (Å²) in [4.78, 5) is 0. The highest BCUT2D eigenvalue weighted by Gasteiger charge is 2.27. The van der Waals surface area contributed by atoms with Crippen LogP contribution in [-0.2, 0) is 0 Å². The first-order valence-corrected chi connectivity index (χ1v) is 12.9. The standard InChI is InChI=1S/C26H32P2/c1-25(2,3)27(19-17-23-13-9-7-10-14-23)21-22-28(26(4,5)6)20-18-24-15-11-8-12-16-24/h7-16H,21-22H2,1-6H3/t27-,28?/m0/s1. The van der Waals surface area contributed by atoms with Gasteiger partial charge in [-0.25, -0.2) is 0 Å². The predicted octanol–water partition coefficient (Wildman–Crippen LogP) is 7.57. The molecule has 2 rings (SSSR count). The lowest BCUT2D eigenvalue weighted by Crippen LogP contribution is -2.17. The molecule has 0 amide bonds. The molecule has 0 radical (unpaired) electrons. The van der Waals surface area contributed by atoms with E-state index in [0.29, 0.717) is 0 Å². The van der Waals surface area contributed by atoms with Gasteiger partial charge in [0.15, 0.2) is 0 Å². The first-order chi connectivity index (χ1) is 13.2. The van der Waals surface area contributed by atoms with Crippen molar-refractivity contribution in [1.82, 2.24) is 0 Å². The van der Waals surface area contributed by atoms with E-state index in [0.717, 1.165) is 23.5 Å². The zero-order valence-electron chi connectivity index (χ0n) is 18.1. The van der Waals surface area contributed by atoms with Gasteiger partial charge in [0, 0.05) is 11.1 Å². The summed E-state index contributed by atoms with van der Waals surface area (Å²) < 4.78 is 0. The number of hydrogen-bond acceptors (Lipinski definition) is 0. The minimum absolute atomic E-state index is 0.225. The van der Waals surface area contributed by atoms with Crippen LogP contribution in [0.5, 0.6) is 0 Å². The van der Waals surface area contributed by atoms with Crippen molar-refractivity contribution in [1.29, 1.82) is 0 Å². The third kappa shape index (κ3) is 7.81. The van der Waals surface area contributed by atoms with Crippen LogP contribution in [0.2, 0.25) is 0 Å². The topological polar surface area (TPSA) is 0 Å². The molecule has 0 spiro atoms. The SMILES string of the molecule is CC(C)(C)P(C#Cc1ccccc1)CC[P@](C#Cc1ccccc1)C(C)(C)C. The third-order valence-electron chi connectivity index (χ3n) is 4.38. The minimum Gasteiger partial charge on any atom is -0.0707 e. The van der Waals surface area contributed by atoms with E-state index < -0.39 is 0 Å². The van der Waals surface area contributed by atoms with Gasteiger partial charge in [0.25, 0.3) is 0 Å². The zero-order chi connectivity index (χ0) is 20.6. The normalized spacial score (nSPS) is 13.5. The lowest BCUT2D eigenvalue weighted by atomic mass is 10.2. The molecule has 2 atom stereocenters. The van der Waals surface area contributed by atoms with Crippen molar-refractivity contribution in [2.45, 2.75) is 51.9 Å². The Kier molecular flexibility index (Phi) is 8.33. The van der Waals surface area contributed by atoms with Gasteiger partial charge in [0.1, 0.15) is 0 Å². The molecule has 1 unspecified atom stereocenters. The maximum atomic E-state index is 3.63. The van der Waals surface area contributed by atoms with Crippen LogP contribution in [0, 0.1) is 23.2 Å². The second-order valence-electron chi connectivity index (χ2n) is 8.85. The third-order valence-corrected chi connectivity index (χ3v) is 10.1. The molecule has 2 aromatic carbocycles. The molecule has 146 valence electrons. The Bertz CT molecular complexity index is 772. The van der Waals surface area contributed by atoms with Crippen molar-refractivity contribution in [2.24, 2.45) is 0 Å². The van der Waals surface area contributed by atoms with E-state index in [4.69, 9.17) is 0 Å². The summed E-state index contributed by atoms with van der Waals surface area (Å²) in [7, 11) is -0.765. The molecule has 0 aliphatic carbocycles. The predicted molar refractivity (Wildman–Crippen MR) is 130 cm³/mol. The maximum absolute atomic E-state index is 3.63. The lowest BCUT2D eigenvalue weighted by molar-refractivity contribution is 0.781. The van der Waals surface area contributed by atoms with E-state index in [1.165, 1.54) is 0 Å². The van der Waals surface area contributed by atoms with Crippen LogP contribution in [0.1, 0.15) is 52.7 Å². The minimum atomic E-state index is -0.383. The van der Waals surface area contributed by atoms with Crippen LogP contribution in [-0.4, -0.2) is 22.6 Å². The molecule has 0 bridgehead atoms. The van der Waals surface area contributed by atoms with Crippen LogP contribution >= 0.6 is 15.8 Å². The van der Waals surface area contributed by atoms with E-state index in [1.807, 2.05) is 12.1 Å². The molecular formula is C26H32P2. The van der Waals surface area contributed by atoms with Gasteiger partial charge in [-0.15, -0.1) is 0 Å². The van der Waals surface area contributed by atoms with Crippen molar-refractivity contribution in [3.05, 3.63) is 71.8 Å². The molecule has 0 saturated carbocycles. The van der Waals surface area contributed by atoms with E-state index in [2.05, 4.69) is 113 Å². The monoisotopic (exact) mass is 406 g/mol. The Morgan fingerprint density at radius 3 is 1.18 bits per heavy atom. The Labute approximate surface area is 175 Å². The number of rotatable bonds is 3. The zero-order valence-corrected chi connectivity index (χ0v) is 19.9. The van der Waals surface area contributed by atoms with Crippen molar-refractivity contribution >= 4 is 15.8 Å². The molecule has 0 aliphatic rings. The van der Waals surface area contributed by atoms with Crippen LogP contribution in [0.3, 0.4) is 0 Å². The van der Waals surface area contributed by atoms with Crippen molar-refractivity contribution in [3.8, 4) is 23.2 Å². The Morgan fingerprint density at radius 2 is 0.893 bits per heavy atom. The average molecular weight is 406 g/mol. The van der Waals surface area contributed by atoms with E-state index >= 15 is 0 Å². The molecule has 0 fully saturated rings. The molecular weight excluding hydrogens is 374 g/mol. The van der Waals surface area contributed by atoms with Gasteiger partial charge in [-0.3, -0.25) is 0 Å². The molecule has 2 heteroatoms. The van der Waals surface area contributed by atoms with Gasteiger partial charge >= 0.3 is 0 Å². The van der Waals surface area contributed by atoms with Crippen molar-refractivity contribution in [2.75, 3.05) is 12.3 Å². The maximum Gasteiger partial charge on any atom is 0.0248 e. The highest BCUT2D eigenvalue weighted by molar-refractivity contribution is 7.68. The number of benzene rings is 2. The summed E-state index contributed by atoms with van der Waals surface area (Å²) in [5.74, 6) is 6.84. The van der Waals surface area contributed by atoms with Crippen molar-refractivity contribution in [3.63, 3.8) is 0 Å². The molecule has 28 heavy (non-hydrogen) atoms. The fourth-order valence-electron chi connectivity index (χ4n) is 2.63. The Hall–Kier alpha value is -1.58.